The standard InChI is InChI=1S/C20H20N2O3S/c1-12-7-9-14(10-8-12)19-22-21-18(25-19)13(2)24-20(23)16-11-26-17-6-4-3-5-15(16)17/h7-11,13H,3-6H2,1-2H3. The smallest absolute Gasteiger partial charge is 0.340 e. The minimum Gasteiger partial charge on any atom is -0.449 e. The zero-order chi connectivity index (χ0) is 18.1. The van der Waals surface area contributed by atoms with Gasteiger partial charge in [-0.05, 0) is 57.2 Å². The average molecular weight is 368 g/mol. The van der Waals surface area contributed by atoms with E-state index in [0.717, 1.165) is 36.0 Å². The van der Waals surface area contributed by atoms with E-state index >= 15 is 0 Å². The van der Waals surface area contributed by atoms with Gasteiger partial charge in [0.25, 0.3) is 5.89 Å². The summed E-state index contributed by atoms with van der Waals surface area (Å²) in [7, 11) is 0. The third-order valence-corrected chi connectivity index (χ3v) is 5.74. The van der Waals surface area contributed by atoms with Crippen LogP contribution in [0.3, 0.4) is 0 Å². The number of nitrogens with zero attached hydrogens (tertiary/aromatic N) is 2. The second kappa shape index (κ2) is 7.03. The summed E-state index contributed by atoms with van der Waals surface area (Å²) in [6.45, 7) is 3.77. The highest BCUT2D eigenvalue weighted by molar-refractivity contribution is 7.10. The van der Waals surface area contributed by atoms with Gasteiger partial charge in [-0.2, -0.15) is 0 Å². The highest BCUT2D eigenvalue weighted by Gasteiger charge is 2.25. The lowest BCUT2D eigenvalue weighted by molar-refractivity contribution is 0.0279. The molecule has 0 amide bonds. The van der Waals surface area contributed by atoms with E-state index in [1.807, 2.05) is 36.6 Å². The Morgan fingerprint density at radius 3 is 2.77 bits per heavy atom. The molecule has 0 aliphatic heterocycles. The Labute approximate surface area is 156 Å². The van der Waals surface area contributed by atoms with Gasteiger partial charge in [0.1, 0.15) is 0 Å². The number of aryl methyl sites for hydroxylation is 2. The zero-order valence-electron chi connectivity index (χ0n) is 14.8. The Morgan fingerprint density at radius 2 is 1.96 bits per heavy atom. The average Bonchev–Trinajstić information content (AvgIpc) is 3.30. The molecule has 134 valence electrons. The number of aromatic nitrogens is 2. The Hall–Kier alpha value is -2.47. The molecule has 1 atom stereocenters. The molecule has 2 heterocycles. The Kier molecular flexibility index (Phi) is 4.59. The zero-order valence-corrected chi connectivity index (χ0v) is 15.6. The fraction of sp³-hybridized carbons (Fsp3) is 0.350. The first-order chi connectivity index (χ1) is 12.6. The van der Waals surface area contributed by atoms with Crippen LogP contribution in [0.15, 0.2) is 34.1 Å². The number of esters is 1. The molecule has 1 aliphatic rings. The maximum Gasteiger partial charge on any atom is 0.340 e. The van der Waals surface area contributed by atoms with Crippen molar-refractivity contribution in [1.82, 2.24) is 10.2 Å². The molecular formula is C20H20N2O3S. The van der Waals surface area contributed by atoms with E-state index in [2.05, 4.69) is 10.2 Å². The number of ether oxygens (including phenoxy) is 1. The summed E-state index contributed by atoms with van der Waals surface area (Å²) in [5, 5.41) is 10.0. The third kappa shape index (κ3) is 3.29. The highest BCUT2D eigenvalue weighted by Crippen LogP contribution is 2.32. The van der Waals surface area contributed by atoms with E-state index in [4.69, 9.17) is 9.15 Å². The number of carbonyl (C=O) groups excluding carboxylic acids is 1. The highest BCUT2D eigenvalue weighted by atomic mass is 32.1. The molecule has 1 unspecified atom stereocenters. The van der Waals surface area contributed by atoms with Gasteiger partial charge in [-0.25, -0.2) is 4.79 Å². The predicted octanol–water partition coefficient (Wildman–Crippen LogP) is 4.90. The molecule has 6 heteroatoms. The Bertz CT molecular complexity index is 927. The minimum atomic E-state index is -0.590. The summed E-state index contributed by atoms with van der Waals surface area (Å²) in [5.41, 5.74) is 3.86. The van der Waals surface area contributed by atoms with Crippen LogP contribution in [0.25, 0.3) is 11.5 Å². The van der Waals surface area contributed by atoms with E-state index in [0.29, 0.717) is 17.3 Å². The summed E-state index contributed by atoms with van der Waals surface area (Å²) >= 11 is 1.65. The molecule has 0 N–H and O–H groups in total. The largest absolute Gasteiger partial charge is 0.449 e. The lowest BCUT2D eigenvalue weighted by atomic mass is 9.96. The van der Waals surface area contributed by atoms with Gasteiger partial charge in [-0.1, -0.05) is 17.7 Å². The van der Waals surface area contributed by atoms with Crippen molar-refractivity contribution in [2.24, 2.45) is 0 Å². The first-order valence-electron chi connectivity index (χ1n) is 8.82. The van der Waals surface area contributed by atoms with Crippen LogP contribution in [0.1, 0.15) is 58.1 Å². The third-order valence-electron chi connectivity index (χ3n) is 4.65. The fourth-order valence-electron chi connectivity index (χ4n) is 3.15. The van der Waals surface area contributed by atoms with Crippen molar-refractivity contribution in [3.8, 4) is 11.5 Å². The topological polar surface area (TPSA) is 65.2 Å². The Morgan fingerprint density at radius 1 is 1.19 bits per heavy atom. The molecule has 0 saturated carbocycles. The molecule has 1 aliphatic carbocycles. The van der Waals surface area contributed by atoms with Crippen LogP contribution >= 0.6 is 11.3 Å². The number of hydrogen-bond acceptors (Lipinski definition) is 6. The molecule has 5 nitrogen and oxygen atoms in total. The van der Waals surface area contributed by atoms with E-state index in [1.54, 1.807) is 18.3 Å². The summed E-state index contributed by atoms with van der Waals surface area (Å²) in [6, 6.07) is 7.84. The first kappa shape index (κ1) is 17.0. The number of benzene rings is 1. The van der Waals surface area contributed by atoms with Crippen LogP contribution < -0.4 is 0 Å². The lowest BCUT2D eigenvalue weighted by Crippen LogP contribution is -2.12. The molecule has 0 radical (unpaired) electrons. The van der Waals surface area contributed by atoms with E-state index in [9.17, 15) is 4.79 Å². The van der Waals surface area contributed by atoms with Crippen LogP contribution in [0, 0.1) is 6.92 Å². The van der Waals surface area contributed by atoms with Gasteiger partial charge in [0.05, 0.1) is 5.56 Å². The fourth-order valence-corrected chi connectivity index (χ4v) is 4.27. The quantitative estimate of drug-likeness (QED) is 0.613. The van der Waals surface area contributed by atoms with Crippen molar-refractivity contribution in [3.05, 3.63) is 57.1 Å². The molecule has 0 spiro atoms. The van der Waals surface area contributed by atoms with Crippen LogP contribution in [0.5, 0.6) is 0 Å². The van der Waals surface area contributed by atoms with Crippen LogP contribution in [-0.2, 0) is 17.6 Å². The van der Waals surface area contributed by atoms with Gasteiger partial charge < -0.3 is 9.15 Å². The number of hydrogen-bond donors (Lipinski definition) is 0. The van der Waals surface area contributed by atoms with Crippen molar-refractivity contribution >= 4 is 17.3 Å². The van der Waals surface area contributed by atoms with Gasteiger partial charge in [0.15, 0.2) is 6.10 Å². The van der Waals surface area contributed by atoms with Gasteiger partial charge in [0, 0.05) is 15.8 Å². The van der Waals surface area contributed by atoms with Crippen LogP contribution in [0.4, 0.5) is 0 Å². The monoisotopic (exact) mass is 368 g/mol. The van der Waals surface area contributed by atoms with Gasteiger partial charge in [-0.3, -0.25) is 0 Å². The summed E-state index contributed by atoms with van der Waals surface area (Å²) < 4.78 is 11.3. The maximum absolute atomic E-state index is 12.6. The molecular weight excluding hydrogens is 348 g/mol. The normalized spacial score (nSPS) is 14.7. The number of fused-ring (bicyclic) bond motifs is 1. The molecule has 26 heavy (non-hydrogen) atoms. The van der Waals surface area contributed by atoms with Crippen molar-refractivity contribution in [1.29, 1.82) is 0 Å². The van der Waals surface area contributed by atoms with Crippen molar-refractivity contribution < 1.29 is 13.9 Å². The van der Waals surface area contributed by atoms with Gasteiger partial charge >= 0.3 is 5.97 Å². The second-order valence-corrected chi connectivity index (χ2v) is 7.58. The molecule has 0 bridgehead atoms. The van der Waals surface area contributed by atoms with Crippen molar-refractivity contribution in [3.63, 3.8) is 0 Å². The van der Waals surface area contributed by atoms with Gasteiger partial charge in [0.2, 0.25) is 5.89 Å². The maximum atomic E-state index is 12.6. The second-order valence-electron chi connectivity index (χ2n) is 6.62. The summed E-state index contributed by atoms with van der Waals surface area (Å²) in [6.07, 6.45) is 3.75. The Balaban J connectivity index is 1.48. The summed E-state index contributed by atoms with van der Waals surface area (Å²) in [5.74, 6) is 0.417. The SMILES string of the molecule is Cc1ccc(-c2nnc(C(C)OC(=O)c3csc4c3CCCC4)o2)cc1. The first-order valence-corrected chi connectivity index (χ1v) is 9.70. The molecule has 0 saturated heterocycles. The van der Waals surface area contributed by atoms with E-state index in [1.165, 1.54) is 11.3 Å². The van der Waals surface area contributed by atoms with Crippen LogP contribution in [0.2, 0.25) is 0 Å². The molecule has 3 aromatic rings. The summed E-state index contributed by atoms with van der Waals surface area (Å²) in [4.78, 5) is 13.9. The lowest BCUT2D eigenvalue weighted by Gasteiger charge is -2.13. The molecule has 4 rings (SSSR count). The van der Waals surface area contributed by atoms with E-state index in [-0.39, 0.29) is 5.97 Å². The molecule has 2 aromatic heterocycles. The van der Waals surface area contributed by atoms with Crippen molar-refractivity contribution in [2.45, 2.75) is 45.6 Å². The van der Waals surface area contributed by atoms with E-state index < -0.39 is 6.10 Å². The molecule has 0 fully saturated rings. The number of thiophene rings is 1. The predicted molar refractivity (Wildman–Crippen MR) is 99.3 cm³/mol. The van der Waals surface area contributed by atoms with Gasteiger partial charge in [-0.15, -0.1) is 21.5 Å². The number of rotatable bonds is 4. The van der Waals surface area contributed by atoms with Crippen LogP contribution in [-0.4, -0.2) is 16.2 Å². The minimum absolute atomic E-state index is 0.304. The van der Waals surface area contributed by atoms with Crippen molar-refractivity contribution in [2.75, 3.05) is 0 Å². The number of carbonyl (C=O) groups is 1. The molecule has 1 aromatic carbocycles.